The normalized spacial score (nSPS) is 17.8. The number of carbonyl (C=O) groups is 2. The maximum atomic E-state index is 12.0. The lowest BCUT2D eigenvalue weighted by molar-refractivity contribution is -0.118. The second-order valence-corrected chi connectivity index (χ2v) is 4.75. The first-order valence-electron chi connectivity index (χ1n) is 6.57. The summed E-state index contributed by atoms with van der Waals surface area (Å²) in [6, 6.07) is 7.04. The van der Waals surface area contributed by atoms with Crippen molar-refractivity contribution >= 4 is 35.6 Å². The summed E-state index contributed by atoms with van der Waals surface area (Å²) >= 11 is 0. The Morgan fingerprint density at radius 1 is 1.20 bits per heavy atom. The van der Waals surface area contributed by atoms with Gasteiger partial charge in [0.25, 0.3) is 0 Å². The first-order valence-corrected chi connectivity index (χ1v) is 6.57. The third-order valence-corrected chi connectivity index (χ3v) is 3.08. The van der Waals surface area contributed by atoms with Gasteiger partial charge in [0.15, 0.2) is 0 Å². The van der Waals surface area contributed by atoms with E-state index in [1.54, 1.807) is 18.2 Å². The molecule has 2 amide bonds. The molecule has 0 radical (unpaired) electrons. The monoisotopic (exact) mass is 297 g/mol. The van der Waals surface area contributed by atoms with Crippen LogP contribution in [0, 0.1) is 0 Å². The quantitative estimate of drug-likeness (QED) is 0.800. The molecule has 0 aliphatic carbocycles. The summed E-state index contributed by atoms with van der Waals surface area (Å²) in [5.41, 5.74) is 1.38. The molecule has 1 unspecified atom stereocenters. The molecule has 1 aliphatic heterocycles. The Morgan fingerprint density at radius 3 is 2.50 bits per heavy atom. The Kier molecular flexibility index (Phi) is 6.48. The molecule has 1 aromatic carbocycles. The minimum atomic E-state index is -0.127. The highest BCUT2D eigenvalue weighted by atomic mass is 35.5. The molecule has 5 nitrogen and oxygen atoms in total. The first-order chi connectivity index (χ1) is 9.15. The number of hydrogen-bond donors (Lipinski definition) is 3. The lowest BCUT2D eigenvalue weighted by Crippen LogP contribution is -2.43. The molecule has 0 aromatic heterocycles. The summed E-state index contributed by atoms with van der Waals surface area (Å²) in [6.45, 7) is 2.35. The number of carbonyl (C=O) groups excluding carboxylic acids is 2. The number of benzene rings is 1. The number of rotatable bonds is 3. The average Bonchev–Trinajstić information content (AvgIpc) is 2.39. The molecule has 0 bridgehead atoms. The molecule has 20 heavy (non-hydrogen) atoms. The Bertz CT molecular complexity index is 473. The standard InChI is InChI=1S/C14H19N3O2.ClH/c1-10(18)16-11-5-4-6-12(9-11)17-14(19)13-7-2-3-8-15-13;/h4-6,9,13,15H,2-3,7-8H2,1H3,(H,16,18)(H,17,19);1H. The zero-order valence-corrected chi connectivity index (χ0v) is 12.3. The predicted molar refractivity (Wildman–Crippen MR) is 82.3 cm³/mol. The van der Waals surface area contributed by atoms with Crippen molar-refractivity contribution in [2.24, 2.45) is 0 Å². The zero-order valence-electron chi connectivity index (χ0n) is 11.4. The summed E-state index contributed by atoms with van der Waals surface area (Å²) in [6.07, 6.45) is 3.08. The van der Waals surface area contributed by atoms with Crippen LogP contribution >= 0.6 is 12.4 Å². The smallest absolute Gasteiger partial charge is 0.241 e. The number of nitrogens with one attached hydrogen (secondary N) is 3. The fraction of sp³-hybridized carbons (Fsp3) is 0.429. The number of hydrogen-bond acceptors (Lipinski definition) is 3. The Morgan fingerprint density at radius 2 is 1.90 bits per heavy atom. The van der Waals surface area contributed by atoms with Crippen LogP contribution < -0.4 is 16.0 Å². The van der Waals surface area contributed by atoms with E-state index in [0.717, 1.165) is 25.8 Å². The van der Waals surface area contributed by atoms with Gasteiger partial charge in [0.05, 0.1) is 6.04 Å². The maximum absolute atomic E-state index is 12.0. The van der Waals surface area contributed by atoms with Crippen molar-refractivity contribution in [1.82, 2.24) is 5.32 Å². The number of halogens is 1. The van der Waals surface area contributed by atoms with Crippen molar-refractivity contribution in [2.45, 2.75) is 32.2 Å². The summed E-state index contributed by atoms with van der Waals surface area (Å²) < 4.78 is 0. The van der Waals surface area contributed by atoms with Crippen molar-refractivity contribution < 1.29 is 9.59 Å². The minimum absolute atomic E-state index is 0. The van der Waals surface area contributed by atoms with Gasteiger partial charge < -0.3 is 16.0 Å². The van der Waals surface area contributed by atoms with Crippen LogP contribution in [0.5, 0.6) is 0 Å². The van der Waals surface area contributed by atoms with E-state index < -0.39 is 0 Å². The van der Waals surface area contributed by atoms with E-state index in [0.29, 0.717) is 11.4 Å². The molecule has 6 heteroatoms. The molecule has 1 saturated heterocycles. The van der Waals surface area contributed by atoms with Gasteiger partial charge in [-0.05, 0) is 37.6 Å². The summed E-state index contributed by atoms with van der Waals surface area (Å²) in [5, 5.41) is 8.77. The number of amides is 2. The van der Waals surface area contributed by atoms with Crippen LogP contribution in [0.25, 0.3) is 0 Å². The van der Waals surface area contributed by atoms with Gasteiger partial charge in [-0.25, -0.2) is 0 Å². The van der Waals surface area contributed by atoms with E-state index >= 15 is 0 Å². The van der Waals surface area contributed by atoms with Gasteiger partial charge >= 0.3 is 0 Å². The predicted octanol–water partition coefficient (Wildman–Crippen LogP) is 2.15. The Labute approximate surface area is 124 Å². The van der Waals surface area contributed by atoms with Gasteiger partial charge in [0.1, 0.15) is 0 Å². The SMILES string of the molecule is CC(=O)Nc1cccc(NC(=O)C2CCCCN2)c1.Cl. The highest BCUT2D eigenvalue weighted by Crippen LogP contribution is 2.16. The van der Waals surface area contributed by atoms with E-state index in [9.17, 15) is 9.59 Å². The molecule has 1 fully saturated rings. The molecule has 1 aromatic rings. The van der Waals surface area contributed by atoms with Gasteiger partial charge in [-0.15, -0.1) is 12.4 Å². The zero-order chi connectivity index (χ0) is 13.7. The van der Waals surface area contributed by atoms with E-state index in [-0.39, 0.29) is 30.3 Å². The second kappa shape index (κ2) is 7.87. The van der Waals surface area contributed by atoms with Crippen molar-refractivity contribution in [3.05, 3.63) is 24.3 Å². The van der Waals surface area contributed by atoms with E-state index in [4.69, 9.17) is 0 Å². The second-order valence-electron chi connectivity index (χ2n) is 4.75. The van der Waals surface area contributed by atoms with Crippen molar-refractivity contribution in [3.63, 3.8) is 0 Å². The van der Waals surface area contributed by atoms with Crippen LogP contribution in [-0.2, 0) is 9.59 Å². The van der Waals surface area contributed by atoms with Crippen molar-refractivity contribution in [1.29, 1.82) is 0 Å². The third-order valence-electron chi connectivity index (χ3n) is 3.08. The van der Waals surface area contributed by atoms with Crippen molar-refractivity contribution in [3.8, 4) is 0 Å². The van der Waals surface area contributed by atoms with E-state index in [2.05, 4.69) is 16.0 Å². The van der Waals surface area contributed by atoms with E-state index in [1.807, 2.05) is 6.07 Å². The largest absolute Gasteiger partial charge is 0.326 e. The molecule has 110 valence electrons. The third kappa shape index (κ3) is 4.83. The lowest BCUT2D eigenvalue weighted by atomic mass is 10.0. The van der Waals surface area contributed by atoms with Crippen LogP contribution in [0.15, 0.2) is 24.3 Å². The fourth-order valence-corrected chi connectivity index (χ4v) is 2.18. The maximum Gasteiger partial charge on any atom is 0.241 e. The summed E-state index contributed by atoms with van der Waals surface area (Å²) in [7, 11) is 0. The first kappa shape index (κ1) is 16.5. The topological polar surface area (TPSA) is 70.2 Å². The number of piperidine rings is 1. The van der Waals surface area contributed by atoms with Crippen LogP contribution in [0.1, 0.15) is 26.2 Å². The van der Waals surface area contributed by atoms with Gasteiger partial charge in [-0.3, -0.25) is 9.59 Å². The van der Waals surface area contributed by atoms with Crippen LogP contribution in [0.4, 0.5) is 11.4 Å². The molecule has 3 N–H and O–H groups in total. The molecule has 1 atom stereocenters. The van der Waals surface area contributed by atoms with Gasteiger partial charge in [0, 0.05) is 18.3 Å². The average molecular weight is 298 g/mol. The highest BCUT2D eigenvalue weighted by molar-refractivity contribution is 5.96. The lowest BCUT2D eigenvalue weighted by Gasteiger charge is -2.22. The van der Waals surface area contributed by atoms with Crippen LogP contribution in [0.3, 0.4) is 0 Å². The Balaban J connectivity index is 0.00000200. The Hall–Kier alpha value is -1.59. The number of anilines is 2. The summed E-state index contributed by atoms with van der Waals surface area (Å²) in [4.78, 5) is 23.0. The van der Waals surface area contributed by atoms with Gasteiger partial charge in [0.2, 0.25) is 11.8 Å². The van der Waals surface area contributed by atoms with Crippen LogP contribution in [-0.4, -0.2) is 24.4 Å². The molecule has 1 heterocycles. The molecule has 0 spiro atoms. The molecular weight excluding hydrogens is 278 g/mol. The molecule has 0 saturated carbocycles. The van der Waals surface area contributed by atoms with Crippen LogP contribution in [0.2, 0.25) is 0 Å². The van der Waals surface area contributed by atoms with Crippen molar-refractivity contribution in [2.75, 3.05) is 17.2 Å². The van der Waals surface area contributed by atoms with Gasteiger partial charge in [-0.1, -0.05) is 12.5 Å². The minimum Gasteiger partial charge on any atom is -0.326 e. The van der Waals surface area contributed by atoms with Gasteiger partial charge in [-0.2, -0.15) is 0 Å². The fourth-order valence-electron chi connectivity index (χ4n) is 2.18. The molecule has 2 rings (SSSR count). The molecule has 1 aliphatic rings. The van der Waals surface area contributed by atoms with E-state index in [1.165, 1.54) is 6.92 Å². The molecular formula is C14H20ClN3O2. The highest BCUT2D eigenvalue weighted by Gasteiger charge is 2.20. The summed E-state index contributed by atoms with van der Waals surface area (Å²) in [5.74, 6) is -0.142.